The van der Waals surface area contributed by atoms with Crippen LogP contribution >= 0.6 is 0 Å². The van der Waals surface area contributed by atoms with E-state index in [1.165, 1.54) is 12.1 Å². The zero-order valence-corrected chi connectivity index (χ0v) is 14.3. The number of carbonyl (C=O) groups excluding carboxylic acids is 1. The number of hydrogen-bond donors (Lipinski definition) is 1. The van der Waals surface area contributed by atoms with E-state index in [-0.39, 0.29) is 28.4 Å². The van der Waals surface area contributed by atoms with E-state index in [0.717, 1.165) is 12.1 Å². The monoisotopic (exact) mass is 393 g/mol. The highest BCUT2D eigenvalue weighted by Gasteiger charge is 2.63. The molecule has 1 N–H and O–H groups in total. The van der Waals surface area contributed by atoms with Gasteiger partial charge in [-0.3, -0.25) is 14.9 Å². The van der Waals surface area contributed by atoms with Crippen LogP contribution in [-0.2, 0) is 11.2 Å². The molecule has 28 heavy (non-hydrogen) atoms. The van der Waals surface area contributed by atoms with Gasteiger partial charge in [0.25, 0.3) is 11.4 Å². The summed E-state index contributed by atoms with van der Waals surface area (Å²) in [5, 5.41) is 24.7. The number of nitro groups is 1. The molecular weight excluding hydrogens is 379 g/mol. The Morgan fingerprint density at radius 3 is 2.32 bits per heavy atom. The lowest BCUT2D eigenvalue weighted by Crippen LogP contribution is -2.57. The Balaban J connectivity index is 1.94. The summed E-state index contributed by atoms with van der Waals surface area (Å²) < 4.78 is 40.6. The van der Waals surface area contributed by atoms with Gasteiger partial charge in [-0.25, -0.2) is 0 Å². The van der Waals surface area contributed by atoms with Gasteiger partial charge in [0.05, 0.1) is 23.5 Å². The summed E-state index contributed by atoms with van der Waals surface area (Å²) in [6.07, 6.45) is -6.50. The number of rotatable bonds is 4. The number of nitro benzene ring substituents is 1. The third-order valence-electron chi connectivity index (χ3n) is 4.28. The minimum Gasteiger partial charge on any atom is -0.362 e. The van der Waals surface area contributed by atoms with Crippen molar-refractivity contribution in [3.05, 3.63) is 75.8 Å². The molecule has 2 aromatic carbocycles. The third kappa shape index (κ3) is 3.58. The van der Waals surface area contributed by atoms with Crippen LogP contribution in [0.2, 0.25) is 0 Å². The molecule has 3 rings (SSSR count). The molecule has 0 aromatic heterocycles. The normalized spacial score (nSPS) is 19.4. The van der Waals surface area contributed by atoms with Crippen molar-refractivity contribution in [3.63, 3.8) is 0 Å². The number of alkyl halides is 3. The molecule has 0 radical (unpaired) electrons. The predicted molar refractivity (Wildman–Crippen MR) is 92.2 cm³/mol. The van der Waals surface area contributed by atoms with E-state index in [2.05, 4.69) is 5.10 Å². The van der Waals surface area contributed by atoms with Crippen LogP contribution in [0.25, 0.3) is 0 Å². The van der Waals surface area contributed by atoms with Gasteiger partial charge >= 0.3 is 6.18 Å². The zero-order chi connectivity index (χ0) is 20.5. The summed E-state index contributed by atoms with van der Waals surface area (Å²) in [7, 11) is 0. The molecule has 1 aliphatic rings. The van der Waals surface area contributed by atoms with Gasteiger partial charge in [0.1, 0.15) is 0 Å². The van der Waals surface area contributed by atoms with E-state index in [1.54, 1.807) is 30.3 Å². The molecule has 0 unspecified atom stereocenters. The zero-order valence-electron chi connectivity index (χ0n) is 14.3. The number of aliphatic hydroxyl groups is 1. The van der Waals surface area contributed by atoms with E-state index < -0.39 is 29.2 Å². The number of nitrogens with zero attached hydrogens (tertiary/aromatic N) is 3. The second-order valence-electron chi connectivity index (χ2n) is 6.21. The SMILES string of the molecule is O=C(Cc1ccccc1)N1N=C(c2ccc([N+](=O)[O-])cc2)C[C@]1(O)C(F)(F)F. The maximum Gasteiger partial charge on any atom is 0.438 e. The van der Waals surface area contributed by atoms with Crippen molar-refractivity contribution in [2.24, 2.45) is 5.10 Å². The average Bonchev–Trinajstić information content (AvgIpc) is 3.02. The van der Waals surface area contributed by atoms with Gasteiger partial charge in [-0.2, -0.15) is 23.3 Å². The van der Waals surface area contributed by atoms with Gasteiger partial charge < -0.3 is 5.11 Å². The molecule has 10 heteroatoms. The molecular formula is C18H14F3N3O4. The summed E-state index contributed by atoms with van der Waals surface area (Å²) in [5.74, 6) is -1.03. The van der Waals surface area contributed by atoms with Crippen LogP contribution in [0.3, 0.4) is 0 Å². The van der Waals surface area contributed by atoms with E-state index >= 15 is 0 Å². The van der Waals surface area contributed by atoms with Gasteiger partial charge in [-0.1, -0.05) is 30.3 Å². The minimum absolute atomic E-state index is 0.0523. The molecule has 7 nitrogen and oxygen atoms in total. The van der Waals surface area contributed by atoms with Crippen LogP contribution in [-0.4, -0.2) is 38.6 Å². The van der Waals surface area contributed by atoms with Crippen molar-refractivity contribution in [1.82, 2.24) is 5.01 Å². The number of non-ortho nitro benzene ring substituents is 1. The first-order chi connectivity index (χ1) is 13.1. The van der Waals surface area contributed by atoms with Crippen molar-refractivity contribution < 1.29 is 28.0 Å². The molecule has 0 aliphatic carbocycles. The molecule has 1 atom stereocenters. The number of halogens is 3. The molecule has 146 valence electrons. The second kappa shape index (κ2) is 7.04. The Morgan fingerprint density at radius 1 is 1.18 bits per heavy atom. The first-order valence-electron chi connectivity index (χ1n) is 8.10. The molecule has 1 amide bonds. The first-order valence-corrected chi connectivity index (χ1v) is 8.10. The highest BCUT2D eigenvalue weighted by molar-refractivity contribution is 6.03. The van der Waals surface area contributed by atoms with Crippen molar-refractivity contribution in [1.29, 1.82) is 0 Å². The largest absolute Gasteiger partial charge is 0.438 e. The standard InChI is InChI=1S/C18H14F3N3O4/c19-18(20,21)17(26)11-15(13-6-8-14(9-7-13)24(27)28)22-23(17)16(25)10-12-4-2-1-3-5-12/h1-9,26H,10-11H2/t17-/m0/s1. The quantitative estimate of drug-likeness (QED) is 0.638. The Morgan fingerprint density at radius 2 is 1.79 bits per heavy atom. The summed E-state index contributed by atoms with van der Waals surface area (Å²) >= 11 is 0. The highest BCUT2D eigenvalue weighted by Crippen LogP contribution is 2.41. The number of amides is 1. The molecule has 0 fully saturated rings. The lowest BCUT2D eigenvalue weighted by molar-refractivity contribution is -0.384. The van der Waals surface area contributed by atoms with Gasteiger partial charge in [0.2, 0.25) is 5.91 Å². The Kier molecular flexibility index (Phi) is 4.90. The fourth-order valence-electron chi connectivity index (χ4n) is 2.81. The van der Waals surface area contributed by atoms with Gasteiger partial charge in [-0.05, 0) is 23.3 Å². The lowest BCUT2D eigenvalue weighted by atomic mass is 10.0. The van der Waals surface area contributed by atoms with Crippen molar-refractivity contribution >= 4 is 17.3 Å². The molecule has 0 saturated carbocycles. The Labute approximate surface area is 156 Å². The Bertz CT molecular complexity index is 929. The van der Waals surface area contributed by atoms with Crippen LogP contribution in [0.4, 0.5) is 18.9 Å². The molecule has 0 spiro atoms. The van der Waals surface area contributed by atoms with E-state index in [1.807, 2.05) is 0 Å². The number of benzene rings is 2. The van der Waals surface area contributed by atoms with E-state index in [0.29, 0.717) is 5.56 Å². The number of hydrogen-bond acceptors (Lipinski definition) is 5. The molecule has 2 aromatic rings. The van der Waals surface area contributed by atoms with Crippen LogP contribution in [0.15, 0.2) is 59.7 Å². The van der Waals surface area contributed by atoms with Crippen LogP contribution in [0, 0.1) is 10.1 Å². The molecule has 0 bridgehead atoms. The fourth-order valence-corrected chi connectivity index (χ4v) is 2.81. The van der Waals surface area contributed by atoms with Gasteiger partial charge in [-0.15, -0.1) is 0 Å². The predicted octanol–water partition coefficient (Wildman–Crippen LogP) is 3.02. The van der Waals surface area contributed by atoms with E-state index in [4.69, 9.17) is 0 Å². The topological polar surface area (TPSA) is 96.0 Å². The van der Waals surface area contributed by atoms with Crippen molar-refractivity contribution in [2.45, 2.75) is 24.7 Å². The van der Waals surface area contributed by atoms with Crippen molar-refractivity contribution in [2.75, 3.05) is 0 Å². The first kappa shape index (κ1) is 19.5. The average molecular weight is 393 g/mol. The fraction of sp³-hybridized carbons (Fsp3) is 0.222. The highest BCUT2D eigenvalue weighted by atomic mass is 19.4. The lowest BCUT2D eigenvalue weighted by Gasteiger charge is -2.32. The summed E-state index contributed by atoms with van der Waals surface area (Å²) in [5.41, 5.74) is -3.32. The summed E-state index contributed by atoms with van der Waals surface area (Å²) in [4.78, 5) is 22.5. The number of hydrazone groups is 1. The summed E-state index contributed by atoms with van der Waals surface area (Å²) in [6.45, 7) is 0. The van der Waals surface area contributed by atoms with Gasteiger partial charge in [0.15, 0.2) is 0 Å². The molecule has 1 heterocycles. The van der Waals surface area contributed by atoms with Crippen LogP contribution in [0.5, 0.6) is 0 Å². The third-order valence-corrected chi connectivity index (χ3v) is 4.28. The molecule has 1 aliphatic heterocycles. The van der Waals surface area contributed by atoms with Crippen molar-refractivity contribution in [3.8, 4) is 0 Å². The minimum atomic E-state index is -5.15. The maximum atomic E-state index is 13.5. The number of carbonyl (C=O) groups is 1. The van der Waals surface area contributed by atoms with Crippen LogP contribution in [0.1, 0.15) is 17.5 Å². The second-order valence-corrected chi connectivity index (χ2v) is 6.21. The Hall–Kier alpha value is -3.27. The summed E-state index contributed by atoms with van der Waals surface area (Å²) in [6, 6.07) is 12.8. The van der Waals surface area contributed by atoms with Gasteiger partial charge in [0, 0.05) is 12.1 Å². The maximum absolute atomic E-state index is 13.5. The van der Waals surface area contributed by atoms with E-state index in [9.17, 15) is 33.2 Å². The molecule has 0 saturated heterocycles. The van der Waals surface area contributed by atoms with Crippen LogP contribution < -0.4 is 0 Å². The smallest absolute Gasteiger partial charge is 0.362 e.